The number of hydrogen-bond donors (Lipinski definition) is 1. The molecule has 138 valence electrons. The van der Waals surface area contributed by atoms with Gasteiger partial charge in [-0.25, -0.2) is 0 Å². The molecule has 0 atom stereocenters. The highest BCUT2D eigenvalue weighted by Crippen LogP contribution is 2.14. The number of hydrogen-bond acceptors (Lipinski definition) is 3. The highest BCUT2D eigenvalue weighted by molar-refractivity contribution is 6.02. The highest BCUT2D eigenvalue weighted by Gasteiger charge is 2.15. The summed E-state index contributed by atoms with van der Waals surface area (Å²) in [6, 6.07) is 20.3. The Labute approximate surface area is 158 Å². The number of furan rings is 1. The Morgan fingerprint density at radius 3 is 2.33 bits per heavy atom. The van der Waals surface area contributed by atoms with Gasteiger partial charge in [0.05, 0.1) is 6.26 Å². The Kier molecular flexibility index (Phi) is 6.05. The Morgan fingerprint density at radius 1 is 0.963 bits per heavy atom. The van der Waals surface area contributed by atoms with E-state index in [0.717, 1.165) is 6.42 Å². The molecule has 0 spiro atoms. The maximum Gasteiger partial charge on any atom is 0.291 e. The van der Waals surface area contributed by atoms with Gasteiger partial charge in [-0.05, 0) is 55.3 Å². The van der Waals surface area contributed by atoms with Crippen LogP contribution in [-0.4, -0.2) is 29.8 Å². The number of carbonyl (C=O) groups excluding carboxylic acids is 2. The number of benzene rings is 2. The molecule has 0 aliphatic carbocycles. The fourth-order valence-corrected chi connectivity index (χ4v) is 2.79. The zero-order valence-corrected chi connectivity index (χ0v) is 15.2. The monoisotopic (exact) mass is 362 g/mol. The third kappa shape index (κ3) is 4.85. The van der Waals surface area contributed by atoms with Crippen LogP contribution in [0.15, 0.2) is 77.4 Å². The van der Waals surface area contributed by atoms with Gasteiger partial charge in [0.25, 0.3) is 11.8 Å². The molecule has 1 N–H and O–H groups in total. The molecule has 0 unspecified atom stereocenters. The first-order valence-electron chi connectivity index (χ1n) is 8.95. The van der Waals surface area contributed by atoms with Crippen molar-refractivity contribution in [3.8, 4) is 0 Å². The third-order valence-electron chi connectivity index (χ3n) is 4.32. The third-order valence-corrected chi connectivity index (χ3v) is 4.32. The minimum Gasteiger partial charge on any atom is -0.459 e. The lowest BCUT2D eigenvalue weighted by Crippen LogP contribution is -2.32. The largest absolute Gasteiger partial charge is 0.459 e. The van der Waals surface area contributed by atoms with Gasteiger partial charge < -0.3 is 14.6 Å². The molecule has 0 fully saturated rings. The maximum atomic E-state index is 12.7. The van der Waals surface area contributed by atoms with E-state index in [0.29, 0.717) is 24.3 Å². The van der Waals surface area contributed by atoms with Crippen LogP contribution in [0.5, 0.6) is 0 Å². The molecule has 2 aromatic carbocycles. The second kappa shape index (κ2) is 8.85. The van der Waals surface area contributed by atoms with Crippen molar-refractivity contribution in [3.05, 3.63) is 89.9 Å². The molecule has 0 radical (unpaired) electrons. The van der Waals surface area contributed by atoms with Crippen molar-refractivity contribution in [3.63, 3.8) is 0 Å². The summed E-state index contributed by atoms with van der Waals surface area (Å²) in [4.78, 5) is 26.6. The van der Waals surface area contributed by atoms with Crippen molar-refractivity contribution in [2.75, 3.05) is 18.4 Å². The lowest BCUT2D eigenvalue weighted by molar-refractivity contribution is 0.0766. The lowest BCUT2D eigenvalue weighted by Gasteiger charge is -2.21. The molecular formula is C22H22N2O3. The summed E-state index contributed by atoms with van der Waals surface area (Å²) in [6.45, 7) is 3.28. The number of nitrogens with zero attached hydrogens (tertiary/aromatic N) is 1. The topological polar surface area (TPSA) is 62.6 Å². The molecule has 0 saturated heterocycles. The predicted octanol–water partition coefficient (Wildman–Crippen LogP) is 4.24. The van der Waals surface area contributed by atoms with Gasteiger partial charge in [-0.1, -0.05) is 30.3 Å². The molecule has 5 nitrogen and oxygen atoms in total. The van der Waals surface area contributed by atoms with Crippen LogP contribution >= 0.6 is 0 Å². The van der Waals surface area contributed by atoms with E-state index in [1.54, 1.807) is 36.4 Å². The van der Waals surface area contributed by atoms with Crippen LogP contribution in [0, 0.1) is 0 Å². The molecule has 2 amide bonds. The molecule has 3 rings (SSSR count). The second-order valence-corrected chi connectivity index (χ2v) is 6.13. The molecule has 1 heterocycles. The molecular weight excluding hydrogens is 340 g/mol. The summed E-state index contributed by atoms with van der Waals surface area (Å²) in [5, 5.41) is 2.74. The first-order valence-corrected chi connectivity index (χ1v) is 8.95. The predicted molar refractivity (Wildman–Crippen MR) is 105 cm³/mol. The number of amides is 2. The average molecular weight is 362 g/mol. The Morgan fingerprint density at radius 2 is 1.70 bits per heavy atom. The summed E-state index contributed by atoms with van der Waals surface area (Å²) >= 11 is 0. The van der Waals surface area contributed by atoms with Crippen LogP contribution in [0.1, 0.15) is 33.4 Å². The molecule has 3 aromatic rings. The van der Waals surface area contributed by atoms with E-state index in [9.17, 15) is 9.59 Å². The molecule has 0 saturated carbocycles. The van der Waals surface area contributed by atoms with Crippen molar-refractivity contribution in [1.29, 1.82) is 0 Å². The van der Waals surface area contributed by atoms with E-state index in [1.807, 2.05) is 30.0 Å². The minimum absolute atomic E-state index is 0.0163. The molecule has 0 aliphatic heterocycles. The fraction of sp³-hybridized carbons (Fsp3) is 0.182. The van der Waals surface area contributed by atoms with Crippen LogP contribution in [0.3, 0.4) is 0 Å². The van der Waals surface area contributed by atoms with Crippen molar-refractivity contribution in [2.24, 2.45) is 0 Å². The van der Waals surface area contributed by atoms with Crippen molar-refractivity contribution in [1.82, 2.24) is 4.90 Å². The molecule has 5 heteroatoms. The maximum absolute atomic E-state index is 12.7. The van der Waals surface area contributed by atoms with Crippen LogP contribution in [0.25, 0.3) is 0 Å². The quantitative estimate of drug-likeness (QED) is 0.684. The van der Waals surface area contributed by atoms with E-state index >= 15 is 0 Å². The number of rotatable bonds is 7. The minimum atomic E-state index is -0.322. The van der Waals surface area contributed by atoms with Gasteiger partial charge >= 0.3 is 0 Å². The highest BCUT2D eigenvalue weighted by atomic mass is 16.3. The van der Waals surface area contributed by atoms with E-state index in [2.05, 4.69) is 17.4 Å². The lowest BCUT2D eigenvalue weighted by atomic mass is 10.1. The van der Waals surface area contributed by atoms with Gasteiger partial charge in [0.1, 0.15) is 0 Å². The summed E-state index contributed by atoms with van der Waals surface area (Å²) < 4.78 is 5.07. The van der Waals surface area contributed by atoms with Crippen molar-refractivity contribution < 1.29 is 14.0 Å². The molecule has 0 aliphatic rings. The smallest absolute Gasteiger partial charge is 0.291 e. The first kappa shape index (κ1) is 18.5. The zero-order chi connectivity index (χ0) is 19.1. The Hall–Kier alpha value is -3.34. The summed E-state index contributed by atoms with van der Waals surface area (Å²) in [5.41, 5.74) is 2.42. The average Bonchev–Trinajstić information content (AvgIpc) is 3.25. The number of carbonyl (C=O) groups is 2. The summed E-state index contributed by atoms with van der Waals surface area (Å²) in [5.74, 6) is -0.0947. The van der Waals surface area contributed by atoms with Crippen LogP contribution in [0.2, 0.25) is 0 Å². The molecule has 0 bridgehead atoms. The summed E-state index contributed by atoms with van der Waals surface area (Å²) in [6.07, 6.45) is 2.27. The van der Waals surface area contributed by atoms with Gasteiger partial charge in [-0.2, -0.15) is 0 Å². The summed E-state index contributed by atoms with van der Waals surface area (Å²) in [7, 11) is 0. The first-order chi connectivity index (χ1) is 13.2. The number of nitrogens with one attached hydrogen (secondary N) is 1. The van der Waals surface area contributed by atoms with Crippen LogP contribution < -0.4 is 5.32 Å². The zero-order valence-electron chi connectivity index (χ0n) is 15.2. The van der Waals surface area contributed by atoms with E-state index in [1.165, 1.54) is 11.8 Å². The van der Waals surface area contributed by atoms with Crippen LogP contribution in [0.4, 0.5) is 5.69 Å². The number of anilines is 1. The van der Waals surface area contributed by atoms with Crippen molar-refractivity contribution >= 4 is 17.5 Å². The molecule has 27 heavy (non-hydrogen) atoms. The van der Waals surface area contributed by atoms with Crippen molar-refractivity contribution in [2.45, 2.75) is 13.3 Å². The van der Waals surface area contributed by atoms with Crippen LogP contribution in [-0.2, 0) is 6.42 Å². The van der Waals surface area contributed by atoms with Gasteiger partial charge in [0.2, 0.25) is 0 Å². The fourth-order valence-electron chi connectivity index (χ4n) is 2.79. The van der Waals surface area contributed by atoms with Gasteiger partial charge in [-0.15, -0.1) is 0 Å². The van der Waals surface area contributed by atoms with Gasteiger partial charge in [-0.3, -0.25) is 9.59 Å². The standard InChI is InChI=1S/C22H22N2O3/c1-2-24(15-14-17-7-4-3-5-8-17)22(26)18-10-12-19(13-11-18)23-21(25)20-9-6-16-27-20/h3-13,16H,2,14-15H2,1H3,(H,23,25). The number of likely N-dealkylation sites (N-methyl/N-ethyl adjacent to an activating group) is 1. The SMILES string of the molecule is CCN(CCc1ccccc1)C(=O)c1ccc(NC(=O)c2ccco2)cc1. The van der Waals surface area contributed by atoms with E-state index in [4.69, 9.17) is 4.42 Å². The van der Waals surface area contributed by atoms with Gasteiger partial charge in [0, 0.05) is 24.3 Å². The Bertz CT molecular complexity index is 872. The molecule has 1 aromatic heterocycles. The van der Waals surface area contributed by atoms with E-state index in [-0.39, 0.29) is 17.6 Å². The normalized spacial score (nSPS) is 10.4. The second-order valence-electron chi connectivity index (χ2n) is 6.13. The van der Waals surface area contributed by atoms with E-state index < -0.39 is 0 Å². The van der Waals surface area contributed by atoms with Gasteiger partial charge in [0.15, 0.2) is 5.76 Å². The Balaban J connectivity index is 1.60.